The van der Waals surface area contributed by atoms with E-state index in [9.17, 15) is 4.79 Å². The summed E-state index contributed by atoms with van der Waals surface area (Å²) in [5.41, 5.74) is 3.25. The Bertz CT molecular complexity index is 877. The lowest BCUT2D eigenvalue weighted by Crippen LogP contribution is -2.36. The van der Waals surface area contributed by atoms with Gasteiger partial charge in [-0.25, -0.2) is 0 Å². The van der Waals surface area contributed by atoms with Crippen LogP contribution in [0.2, 0.25) is 0 Å². The summed E-state index contributed by atoms with van der Waals surface area (Å²) in [4.78, 5) is 17.6. The fraction of sp³-hybridized carbons (Fsp3) is 0.238. The zero-order valence-corrected chi connectivity index (χ0v) is 16.5. The van der Waals surface area contributed by atoms with E-state index in [1.54, 1.807) is 4.90 Å². The first-order chi connectivity index (χ1) is 13.2. The molecule has 2 saturated heterocycles. The van der Waals surface area contributed by atoms with Gasteiger partial charge in [0.2, 0.25) is 0 Å². The quantitative estimate of drug-likeness (QED) is 0.578. The molecule has 2 aromatic rings. The lowest BCUT2D eigenvalue weighted by Gasteiger charge is -2.30. The van der Waals surface area contributed by atoms with Crippen molar-refractivity contribution in [3.05, 3.63) is 70.6 Å². The van der Waals surface area contributed by atoms with Crippen LogP contribution in [0.4, 0.5) is 5.69 Å². The number of hydrogen-bond donors (Lipinski definition) is 0. The monoisotopic (exact) mass is 396 g/mol. The van der Waals surface area contributed by atoms with Gasteiger partial charge >= 0.3 is 0 Å². The van der Waals surface area contributed by atoms with Crippen molar-refractivity contribution < 1.29 is 9.53 Å². The number of carbonyl (C=O) groups excluding carboxylic acids is 1. The Morgan fingerprint density at radius 2 is 1.74 bits per heavy atom. The first-order valence-corrected chi connectivity index (χ1v) is 10.2. The van der Waals surface area contributed by atoms with E-state index in [4.69, 9.17) is 17.0 Å². The van der Waals surface area contributed by atoms with Crippen LogP contribution in [-0.4, -0.2) is 41.4 Å². The van der Waals surface area contributed by atoms with E-state index in [0.717, 1.165) is 43.1 Å². The molecule has 2 aliphatic rings. The van der Waals surface area contributed by atoms with Gasteiger partial charge in [-0.3, -0.25) is 9.69 Å². The fourth-order valence-electron chi connectivity index (χ4n) is 3.25. The number of rotatable bonds is 4. The van der Waals surface area contributed by atoms with Gasteiger partial charge in [0, 0.05) is 18.8 Å². The minimum atomic E-state index is -0.0226. The van der Waals surface area contributed by atoms with Gasteiger partial charge in [-0.15, -0.1) is 0 Å². The van der Waals surface area contributed by atoms with E-state index in [-0.39, 0.29) is 5.91 Å². The Hall–Kier alpha value is -2.15. The Kier molecular flexibility index (Phi) is 5.57. The number of morpholine rings is 1. The first-order valence-electron chi connectivity index (χ1n) is 8.93. The summed E-state index contributed by atoms with van der Waals surface area (Å²) in [6.07, 6.45) is 1.97. The van der Waals surface area contributed by atoms with Gasteiger partial charge in [0.25, 0.3) is 5.91 Å². The second-order valence-corrected chi connectivity index (χ2v) is 8.09. The second kappa shape index (κ2) is 8.25. The van der Waals surface area contributed by atoms with Gasteiger partial charge in [-0.1, -0.05) is 72.5 Å². The molecule has 0 spiro atoms. The zero-order valence-electron chi connectivity index (χ0n) is 14.8. The van der Waals surface area contributed by atoms with Crippen molar-refractivity contribution in [2.45, 2.75) is 6.54 Å². The van der Waals surface area contributed by atoms with Crippen LogP contribution in [0.15, 0.2) is 59.5 Å². The normalized spacial score (nSPS) is 19.2. The molecule has 0 radical (unpaired) electrons. The van der Waals surface area contributed by atoms with E-state index in [0.29, 0.717) is 15.8 Å². The summed E-state index contributed by atoms with van der Waals surface area (Å²) in [6, 6.07) is 18.1. The molecule has 0 N–H and O–H groups in total. The molecule has 2 aromatic carbocycles. The van der Waals surface area contributed by atoms with Crippen LogP contribution in [0, 0.1) is 0 Å². The number of thioether (sulfide) groups is 1. The Labute approximate surface area is 168 Å². The highest BCUT2D eigenvalue weighted by Crippen LogP contribution is 2.35. The average molecular weight is 397 g/mol. The van der Waals surface area contributed by atoms with E-state index in [1.165, 1.54) is 11.8 Å². The van der Waals surface area contributed by atoms with Crippen LogP contribution in [0.3, 0.4) is 0 Å². The van der Waals surface area contributed by atoms with E-state index in [1.807, 2.05) is 48.5 Å². The highest BCUT2D eigenvalue weighted by molar-refractivity contribution is 8.26. The molecule has 1 amide bonds. The summed E-state index contributed by atoms with van der Waals surface area (Å²) in [5.74, 6) is -0.0226. The number of benzene rings is 2. The minimum Gasteiger partial charge on any atom is -0.378 e. The molecule has 2 heterocycles. The summed E-state index contributed by atoms with van der Waals surface area (Å²) >= 11 is 6.85. The van der Waals surface area contributed by atoms with Crippen molar-refractivity contribution in [3.8, 4) is 0 Å². The maximum absolute atomic E-state index is 12.9. The highest BCUT2D eigenvalue weighted by atomic mass is 32.2. The van der Waals surface area contributed by atoms with Gasteiger partial charge in [-0.05, 0) is 23.3 Å². The summed E-state index contributed by atoms with van der Waals surface area (Å²) in [5, 5.41) is 0. The molecule has 27 heavy (non-hydrogen) atoms. The predicted octanol–water partition coefficient (Wildman–Crippen LogP) is 3.92. The van der Waals surface area contributed by atoms with Crippen molar-refractivity contribution in [1.29, 1.82) is 0 Å². The number of thiocarbonyl (C=S) groups is 1. The Morgan fingerprint density at radius 1 is 1.04 bits per heavy atom. The molecule has 2 fully saturated rings. The van der Waals surface area contributed by atoms with Crippen LogP contribution in [0.5, 0.6) is 0 Å². The van der Waals surface area contributed by atoms with Crippen molar-refractivity contribution in [1.82, 2.24) is 4.90 Å². The van der Waals surface area contributed by atoms with E-state index in [2.05, 4.69) is 17.0 Å². The summed E-state index contributed by atoms with van der Waals surface area (Å²) < 4.78 is 6.07. The maximum Gasteiger partial charge on any atom is 0.266 e. The molecule has 0 saturated carbocycles. The largest absolute Gasteiger partial charge is 0.378 e. The zero-order chi connectivity index (χ0) is 18.6. The molecule has 4 rings (SSSR count). The molecule has 6 heteroatoms. The number of ether oxygens (including phenoxy) is 1. The van der Waals surface area contributed by atoms with Crippen molar-refractivity contribution in [2.24, 2.45) is 0 Å². The lowest BCUT2D eigenvalue weighted by molar-refractivity contribution is -0.122. The van der Waals surface area contributed by atoms with Gasteiger partial charge in [0.1, 0.15) is 4.32 Å². The molecule has 0 unspecified atom stereocenters. The van der Waals surface area contributed by atoms with Crippen LogP contribution in [0.1, 0.15) is 11.1 Å². The van der Waals surface area contributed by atoms with Crippen molar-refractivity contribution in [3.63, 3.8) is 0 Å². The smallest absolute Gasteiger partial charge is 0.266 e. The highest BCUT2D eigenvalue weighted by Gasteiger charge is 2.32. The van der Waals surface area contributed by atoms with E-state index < -0.39 is 0 Å². The van der Waals surface area contributed by atoms with Crippen LogP contribution >= 0.6 is 24.0 Å². The van der Waals surface area contributed by atoms with Crippen molar-refractivity contribution in [2.75, 3.05) is 31.2 Å². The third kappa shape index (κ3) is 4.08. The average Bonchev–Trinajstić information content (AvgIpc) is 2.97. The number of amides is 1. The van der Waals surface area contributed by atoms with Gasteiger partial charge in [0.15, 0.2) is 0 Å². The molecule has 0 aromatic heterocycles. The molecule has 2 aliphatic heterocycles. The maximum atomic E-state index is 12.9. The standard InChI is InChI=1S/C21H20N2O2S2/c24-20-19(27-21(26)23(20)15-16-6-2-1-3-7-16)14-17-8-4-5-9-18(17)22-10-12-25-13-11-22/h1-9,14H,10-13,15H2/b19-14+. The molecule has 138 valence electrons. The van der Waals surface area contributed by atoms with Crippen LogP contribution in [-0.2, 0) is 16.1 Å². The Morgan fingerprint density at radius 3 is 2.52 bits per heavy atom. The fourth-order valence-corrected chi connectivity index (χ4v) is 4.49. The van der Waals surface area contributed by atoms with Gasteiger partial charge in [-0.2, -0.15) is 0 Å². The van der Waals surface area contributed by atoms with Crippen LogP contribution in [0.25, 0.3) is 6.08 Å². The number of para-hydroxylation sites is 1. The molecule has 4 nitrogen and oxygen atoms in total. The predicted molar refractivity (Wildman–Crippen MR) is 115 cm³/mol. The molecule has 0 aliphatic carbocycles. The molecule has 0 atom stereocenters. The number of carbonyl (C=O) groups is 1. The SMILES string of the molecule is O=C1/C(=C\c2ccccc2N2CCOCC2)SC(=S)N1Cc1ccccc1. The minimum absolute atomic E-state index is 0.0226. The third-order valence-corrected chi connectivity index (χ3v) is 6.01. The van der Waals surface area contributed by atoms with Gasteiger partial charge < -0.3 is 9.64 Å². The molecular formula is C21H20N2O2S2. The topological polar surface area (TPSA) is 32.8 Å². The molecular weight excluding hydrogens is 376 g/mol. The summed E-state index contributed by atoms with van der Waals surface area (Å²) in [6.45, 7) is 3.69. The lowest BCUT2D eigenvalue weighted by atomic mass is 10.1. The van der Waals surface area contributed by atoms with E-state index >= 15 is 0 Å². The second-order valence-electron chi connectivity index (χ2n) is 6.41. The van der Waals surface area contributed by atoms with Crippen molar-refractivity contribution >= 4 is 46.0 Å². The number of anilines is 1. The van der Waals surface area contributed by atoms with Gasteiger partial charge in [0.05, 0.1) is 24.7 Å². The van der Waals surface area contributed by atoms with Crippen LogP contribution < -0.4 is 4.90 Å². The number of nitrogens with zero attached hydrogens (tertiary/aromatic N) is 2. The summed E-state index contributed by atoms with van der Waals surface area (Å²) in [7, 11) is 0. The third-order valence-electron chi connectivity index (χ3n) is 4.63. The molecule has 0 bridgehead atoms. The Balaban J connectivity index is 1.58. The number of hydrogen-bond acceptors (Lipinski definition) is 5. The first kappa shape index (κ1) is 18.2.